The minimum absolute atomic E-state index is 0.0583. The topological polar surface area (TPSA) is 58.6 Å². The van der Waals surface area contributed by atoms with Crippen molar-refractivity contribution in [1.82, 2.24) is 5.32 Å². The number of thiophene rings is 2. The summed E-state index contributed by atoms with van der Waals surface area (Å²) in [5.41, 5.74) is -0.103. The van der Waals surface area contributed by atoms with Crippen molar-refractivity contribution < 1.29 is 14.6 Å². The third-order valence-corrected chi connectivity index (χ3v) is 6.24. The molecule has 4 rings (SSSR count). The largest absolute Gasteiger partial charge is 0.457 e. The number of carbonyl (C=O) groups is 1. The van der Waals surface area contributed by atoms with Gasteiger partial charge in [0.2, 0.25) is 0 Å². The molecule has 0 aliphatic heterocycles. The number of para-hydroxylation sites is 2. The molecule has 1 unspecified atom stereocenters. The molecule has 2 aromatic carbocycles. The van der Waals surface area contributed by atoms with E-state index in [1.165, 1.54) is 22.7 Å². The van der Waals surface area contributed by atoms with Gasteiger partial charge in [-0.15, -0.1) is 11.3 Å². The quantitative estimate of drug-likeness (QED) is 0.427. The van der Waals surface area contributed by atoms with E-state index in [-0.39, 0.29) is 12.5 Å². The van der Waals surface area contributed by atoms with Crippen LogP contribution >= 0.6 is 22.7 Å². The standard InChI is InChI=1S/C23H19NO3S2/c25-22(19-9-4-5-10-20(19)27-18-7-2-1-3-8-18)24-16-23(26,17-12-14-28-15-17)21-11-6-13-29-21/h1-15,26H,16H2,(H,24,25). The van der Waals surface area contributed by atoms with Crippen LogP contribution in [0.1, 0.15) is 20.8 Å². The van der Waals surface area contributed by atoms with Crippen LogP contribution in [0.25, 0.3) is 0 Å². The SMILES string of the molecule is O=C(NCC(O)(c1ccsc1)c1cccs1)c1ccccc1Oc1ccccc1. The van der Waals surface area contributed by atoms with Crippen molar-refractivity contribution in [2.24, 2.45) is 0 Å². The summed E-state index contributed by atoms with van der Waals surface area (Å²) >= 11 is 2.97. The number of ether oxygens (including phenoxy) is 1. The van der Waals surface area contributed by atoms with E-state index >= 15 is 0 Å². The highest BCUT2D eigenvalue weighted by Crippen LogP contribution is 2.34. The molecule has 0 radical (unpaired) electrons. The van der Waals surface area contributed by atoms with Gasteiger partial charge in [0.15, 0.2) is 0 Å². The second kappa shape index (κ2) is 8.61. The van der Waals surface area contributed by atoms with Gasteiger partial charge in [-0.3, -0.25) is 4.79 Å². The molecule has 4 aromatic rings. The zero-order valence-corrected chi connectivity index (χ0v) is 17.1. The average Bonchev–Trinajstić information content (AvgIpc) is 3.48. The second-order valence-electron chi connectivity index (χ2n) is 6.44. The van der Waals surface area contributed by atoms with E-state index in [0.29, 0.717) is 17.1 Å². The molecule has 6 heteroatoms. The number of hydrogen-bond donors (Lipinski definition) is 2. The molecule has 0 bridgehead atoms. The average molecular weight is 422 g/mol. The number of benzene rings is 2. The molecule has 146 valence electrons. The lowest BCUT2D eigenvalue weighted by Gasteiger charge is -2.27. The van der Waals surface area contributed by atoms with Gasteiger partial charge in [-0.05, 0) is 52.5 Å². The van der Waals surface area contributed by atoms with Crippen LogP contribution in [0.15, 0.2) is 88.9 Å². The fraction of sp³-hybridized carbons (Fsp3) is 0.0870. The first-order valence-electron chi connectivity index (χ1n) is 9.06. The summed E-state index contributed by atoms with van der Waals surface area (Å²) in [4.78, 5) is 13.7. The van der Waals surface area contributed by atoms with Gasteiger partial charge >= 0.3 is 0 Å². The Morgan fingerprint density at radius 2 is 1.76 bits per heavy atom. The van der Waals surface area contributed by atoms with Crippen molar-refractivity contribution in [2.75, 3.05) is 6.54 Å². The lowest BCUT2D eigenvalue weighted by atomic mass is 9.94. The number of amides is 1. The Hall–Kier alpha value is -2.93. The predicted octanol–water partition coefficient (Wildman–Crippen LogP) is 5.27. The van der Waals surface area contributed by atoms with Crippen molar-refractivity contribution in [3.8, 4) is 11.5 Å². The molecule has 0 saturated heterocycles. The molecular weight excluding hydrogens is 402 g/mol. The Morgan fingerprint density at radius 3 is 2.48 bits per heavy atom. The molecule has 0 saturated carbocycles. The van der Waals surface area contributed by atoms with E-state index in [4.69, 9.17) is 4.74 Å². The summed E-state index contributed by atoms with van der Waals surface area (Å²) in [6, 6.07) is 22.0. The lowest BCUT2D eigenvalue weighted by molar-refractivity contribution is 0.0719. The highest BCUT2D eigenvalue weighted by molar-refractivity contribution is 7.10. The molecule has 1 atom stereocenters. The Balaban J connectivity index is 1.55. The van der Waals surface area contributed by atoms with Crippen LogP contribution in [0.5, 0.6) is 11.5 Å². The summed E-state index contributed by atoms with van der Waals surface area (Å²) in [5.74, 6) is 0.814. The van der Waals surface area contributed by atoms with Crippen molar-refractivity contribution in [2.45, 2.75) is 5.60 Å². The highest BCUT2D eigenvalue weighted by atomic mass is 32.1. The van der Waals surface area contributed by atoms with E-state index in [0.717, 1.165) is 10.4 Å². The van der Waals surface area contributed by atoms with E-state index in [1.54, 1.807) is 18.2 Å². The maximum Gasteiger partial charge on any atom is 0.255 e. The van der Waals surface area contributed by atoms with Gasteiger partial charge in [0.05, 0.1) is 12.1 Å². The smallest absolute Gasteiger partial charge is 0.255 e. The lowest BCUT2D eigenvalue weighted by Crippen LogP contribution is -2.41. The number of aliphatic hydroxyl groups is 1. The predicted molar refractivity (Wildman–Crippen MR) is 117 cm³/mol. The Kier molecular flexibility index (Phi) is 5.76. The maximum atomic E-state index is 12.9. The summed E-state index contributed by atoms with van der Waals surface area (Å²) < 4.78 is 5.89. The fourth-order valence-electron chi connectivity index (χ4n) is 3.01. The maximum absolute atomic E-state index is 12.9. The first kappa shape index (κ1) is 19.4. The van der Waals surface area contributed by atoms with Crippen LogP contribution in [0, 0.1) is 0 Å². The Labute approximate surface area is 177 Å². The van der Waals surface area contributed by atoms with Crippen LogP contribution in [0.4, 0.5) is 0 Å². The van der Waals surface area contributed by atoms with E-state index in [9.17, 15) is 9.90 Å². The van der Waals surface area contributed by atoms with Crippen LogP contribution in [-0.4, -0.2) is 17.6 Å². The van der Waals surface area contributed by atoms with E-state index in [2.05, 4.69) is 5.32 Å². The second-order valence-corrected chi connectivity index (χ2v) is 8.17. The zero-order valence-electron chi connectivity index (χ0n) is 15.4. The van der Waals surface area contributed by atoms with Crippen LogP contribution in [0.2, 0.25) is 0 Å². The number of rotatable bonds is 7. The molecule has 29 heavy (non-hydrogen) atoms. The van der Waals surface area contributed by atoms with Crippen LogP contribution in [-0.2, 0) is 5.60 Å². The minimum atomic E-state index is -1.28. The number of hydrogen-bond acceptors (Lipinski definition) is 5. The molecule has 2 N–H and O–H groups in total. The van der Waals surface area contributed by atoms with Gasteiger partial charge in [-0.2, -0.15) is 11.3 Å². The summed E-state index contributed by atoms with van der Waals surface area (Å²) in [6.45, 7) is 0.0583. The van der Waals surface area contributed by atoms with Gasteiger partial charge in [-0.25, -0.2) is 0 Å². The fourth-order valence-corrected chi connectivity index (χ4v) is 4.58. The van der Waals surface area contributed by atoms with Crippen molar-refractivity contribution >= 4 is 28.6 Å². The molecule has 0 aliphatic rings. The zero-order chi connectivity index (χ0) is 20.1. The molecule has 0 aliphatic carbocycles. The van der Waals surface area contributed by atoms with Crippen LogP contribution < -0.4 is 10.1 Å². The van der Waals surface area contributed by atoms with E-state index in [1.807, 2.05) is 70.7 Å². The minimum Gasteiger partial charge on any atom is -0.457 e. The highest BCUT2D eigenvalue weighted by Gasteiger charge is 2.34. The van der Waals surface area contributed by atoms with Crippen molar-refractivity contribution in [3.05, 3.63) is 105 Å². The third-order valence-electron chi connectivity index (χ3n) is 4.54. The van der Waals surface area contributed by atoms with Crippen molar-refractivity contribution in [1.29, 1.82) is 0 Å². The van der Waals surface area contributed by atoms with Gasteiger partial charge in [0, 0.05) is 10.4 Å². The first-order valence-corrected chi connectivity index (χ1v) is 10.9. The van der Waals surface area contributed by atoms with Gasteiger partial charge in [0.25, 0.3) is 5.91 Å². The Morgan fingerprint density at radius 1 is 0.966 bits per heavy atom. The molecule has 2 heterocycles. The monoisotopic (exact) mass is 421 g/mol. The van der Waals surface area contributed by atoms with Crippen LogP contribution in [0.3, 0.4) is 0 Å². The molecule has 4 nitrogen and oxygen atoms in total. The first-order chi connectivity index (χ1) is 14.2. The van der Waals surface area contributed by atoms with Gasteiger partial charge in [0.1, 0.15) is 17.1 Å². The molecule has 0 fully saturated rings. The summed E-state index contributed by atoms with van der Waals surface area (Å²) in [6.07, 6.45) is 0. The van der Waals surface area contributed by atoms with Gasteiger partial charge in [-0.1, -0.05) is 36.4 Å². The van der Waals surface area contributed by atoms with Gasteiger partial charge < -0.3 is 15.2 Å². The molecule has 2 aromatic heterocycles. The molecule has 1 amide bonds. The molecule has 0 spiro atoms. The van der Waals surface area contributed by atoms with E-state index < -0.39 is 5.60 Å². The number of carbonyl (C=O) groups excluding carboxylic acids is 1. The molecular formula is C23H19NO3S2. The number of nitrogens with one attached hydrogen (secondary N) is 1. The Bertz CT molecular complexity index is 1030. The normalized spacial score (nSPS) is 12.9. The summed E-state index contributed by atoms with van der Waals surface area (Å²) in [7, 11) is 0. The third kappa shape index (κ3) is 4.24. The summed E-state index contributed by atoms with van der Waals surface area (Å²) in [5, 5.41) is 20.0. The van der Waals surface area contributed by atoms with Crippen molar-refractivity contribution in [3.63, 3.8) is 0 Å².